The van der Waals surface area contributed by atoms with Crippen molar-refractivity contribution in [1.82, 2.24) is 10.2 Å². The summed E-state index contributed by atoms with van der Waals surface area (Å²) >= 11 is 0. The van der Waals surface area contributed by atoms with Crippen LogP contribution in [-0.4, -0.2) is 42.5 Å². The Morgan fingerprint density at radius 2 is 1.77 bits per heavy atom. The van der Waals surface area contributed by atoms with E-state index >= 15 is 0 Å². The molecule has 2 bridgehead atoms. The number of nitrogens with zero attached hydrogens (tertiary/aromatic N) is 1. The molecule has 1 amide bonds. The first-order valence-electron chi connectivity index (χ1n) is 9.47. The second kappa shape index (κ2) is 7.31. The van der Waals surface area contributed by atoms with Gasteiger partial charge in [-0.1, -0.05) is 13.3 Å². The van der Waals surface area contributed by atoms with Gasteiger partial charge in [0.15, 0.2) is 0 Å². The minimum absolute atomic E-state index is 0.247. The quantitative estimate of drug-likeness (QED) is 0.836. The van der Waals surface area contributed by atoms with Crippen molar-refractivity contribution in [3.63, 3.8) is 0 Å². The number of nitrogens with two attached hydrogens (primary N) is 1. The largest absolute Gasteiger partial charge is 0.339 e. The van der Waals surface area contributed by atoms with E-state index in [4.69, 9.17) is 5.73 Å². The van der Waals surface area contributed by atoms with Gasteiger partial charge < -0.3 is 16.0 Å². The van der Waals surface area contributed by atoms with Crippen molar-refractivity contribution in [2.45, 2.75) is 70.4 Å². The fourth-order valence-electron chi connectivity index (χ4n) is 5.06. The predicted octanol–water partition coefficient (Wildman–Crippen LogP) is 2.13. The number of nitrogens with one attached hydrogen (secondary N) is 1. The number of carbonyl (C=O) groups is 1. The maximum Gasteiger partial charge on any atom is 0.225 e. The van der Waals surface area contributed by atoms with Crippen LogP contribution in [0.15, 0.2) is 0 Å². The molecule has 4 heteroatoms. The normalized spacial score (nSPS) is 36.1. The molecular formula is C18H33N3O. The Morgan fingerprint density at radius 1 is 1.14 bits per heavy atom. The van der Waals surface area contributed by atoms with Crippen LogP contribution in [-0.2, 0) is 4.79 Å². The fourth-order valence-corrected chi connectivity index (χ4v) is 5.06. The lowest BCUT2D eigenvalue weighted by atomic mass is 9.65. The molecule has 0 spiro atoms. The van der Waals surface area contributed by atoms with Crippen LogP contribution in [0.5, 0.6) is 0 Å². The van der Waals surface area contributed by atoms with E-state index in [9.17, 15) is 4.79 Å². The third-order valence-electron chi connectivity index (χ3n) is 6.26. The summed E-state index contributed by atoms with van der Waals surface area (Å²) in [6.07, 6.45) is 9.18. The van der Waals surface area contributed by atoms with Gasteiger partial charge in [-0.15, -0.1) is 0 Å². The van der Waals surface area contributed by atoms with Crippen molar-refractivity contribution in [1.29, 1.82) is 0 Å². The number of amides is 1. The lowest BCUT2D eigenvalue weighted by molar-refractivity contribution is -0.141. The predicted molar refractivity (Wildman–Crippen MR) is 89.4 cm³/mol. The SMILES string of the molecule is CCCN(C(=O)C1CC2CCCC(C1)C2N)C1CCNCC1. The Balaban J connectivity index is 1.67. The topological polar surface area (TPSA) is 58.4 Å². The molecule has 4 nitrogen and oxygen atoms in total. The highest BCUT2D eigenvalue weighted by Gasteiger charge is 2.42. The van der Waals surface area contributed by atoms with Crippen molar-refractivity contribution < 1.29 is 4.79 Å². The Hall–Kier alpha value is -0.610. The zero-order valence-corrected chi connectivity index (χ0v) is 14.1. The molecule has 1 heterocycles. The number of rotatable bonds is 4. The molecule has 0 aromatic rings. The molecule has 2 atom stereocenters. The molecule has 3 N–H and O–H groups in total. The average Bonchev–Trinajstić information content (AvgIpc) is 2.52. The van der Waals surface area contributed by atoms with Crippen molar-refractivity contribution in [3.05, 3.63) is 0 Å². The molecule has 0 radical (unpaired) electrons. The molecular weight excluding hydrogens is 274 g/mol. The average molecular weight is 307 g/mol. The van der Waals surface area contributed by atoms with Gasteiger partial charge in [-0.2, -0.15) is 0 Å². The highest BCUT2D eigenvalue weighted by molar-refractivity contribution is 5.79. The Morgan fingerprint density at radius 3 is 2.36 bits per heavy atom. The zero-order valence-electron chi connectivity index (χ0n) is 14.1. The summed E-state index contributed by atoms with van der Waals surface area (Å²) < 4.78 is 0. The number of hydrogen-bond acceptors (Lipinski definition) is 3. The Labute approximate surface area is 135 Å². The second-order valence-electron chi connectivity index (χ2n) is 7.71. The van der Waals surface area contributed by atoms with Gasteiger partial charge in [-0.05, 0) is 69.9 Å². The first-order valence-corrected chi connectivity index (χ1v) is 9.47. The summed E-state index contributed by atoms with van der Waals surface area (Å²) in [6, 6.07) is 0.820. The molecule has 0 aromatic heterocycles. The van der Waals surface area contributed by atoms with Crippen molar-refractivity contribution in [3.8, 4) is 0 Å². The fraction of sp³-hybridized carbons (Fsp3) is 0.944. The first kappa shape index (κ1) is 16.3. The van der Waals surface area contributed by atoms with E-state index in [2.05, 4.69) is 17.1 Å². The maximum atomic E-state index is 13.2. The van der Waals surface area contributed by atoms with E-state index in [1.807, 2.05) is 0 Å². The summed E-state index contributed by atoms with van der Waals surface area (Å²) in [6.45, 7) is 5.23. The molecule has 22 heavy (non-hydrogen) atoms. The van der Waals surface area contributed by atoms with E-state index in [0.29, 0.717) is 29.8 Å². The molecule has 3 rings (SSSR count). The van der Waals surface area contributed by atoms with E-state index in [0.717, 1.165) is 51.7 Å². The van der Waals surface area contributed by atoms with Crippen LogP contribution < -0.4 is 11.1 Å². The van der Waals surface area contributed by atoms with Crippen LogP contribution in [0.2, 0.25) is 0 Å². The standard InChI is InChI=1S/C18H33N3O/c1-2-10-21(16-6-8-20-9-7-16)18(22)15-11-13-4-3-5-14(12-15)17(13)19/h13-17,20H,2-12,19H2,1H3. The second-order valence-corrected chi connectivity index (χ2v) is 7.71. The van der Waals surface area contributed by atoms with E-state index in [-0.39, 0.29) is 5.92 Å². The van der Waals surface area contributed by atoms with Gasteiger partial charge in [0, 0.05) is 24.5 Å². The first-order chi connectivity index (χ1) is 10.7. The molecule has 2 unspecified atom stereocenters. The van der Waals surface area contributed by atoms with Crippen molar-refractivity contribution in [2.75, 3.05) is 19.6 Å². The highest BCUT2D eigenvalue weighted by atomic mass is 16.2. The summed E-state index contributed by atoms with van der Waals surface area (Å²) in [5.74, 6) is 1.88. The number of carbonyl (C=O) groups excluding carboxylic acids is 1. The van der Waals surface area contributed by atoms with Gasteiger partial charge in [-0.3, -0.25) is 4.79 Å². The van der Waals surface area contributed by atoms with Crippen LogP contribution in [0, 0.1) is 17.8 Å². The zero-order chi connectivity index (χ0) is 15.5. The van der Waals surface area contributed by atoms with Crippen LogP contribution in [0.4, 0.5) is 0 Å². The van der Waals surface area contributed by atoms with Crippen LogP contribution in [0.1, 0.15) is 58.3 Å². The Bertz CT molecular complexity index is 367. The van der Waals surface area contributed by atoms with E-state index in [1.165, 1.54) is 19.3 Å². The summed E-state index contributed by atoms with van der Waals surface area (Å²) in [7, 11) is 0. The monoisotopic (exact) mass is 307 g/mol. The number of piperidine rings is 1. The van der Waals surface area contributed by atoms with Gasteiger partial charge in [0.05, 0.1) is 0 Å². The molecule has 2 saturated carbocycles. The van der Waals surface area contributed by atoms with Gasteiger partial charge in [0.25, 0.3) is 0 Å². The molecule has 1 saturated heterocycles. The van der Waals surface area contributed by atoms with Crippen LogP contribution >= 0.6 is 0 Å². The maximum absolute atomic E-state index is 13.2. The summed E-state index contributed by atoms with van der Waals surface area (Å²) in [5, 5.41) is 3.41. The molecule has 3 aliphatic rings. The van der Waals surface area contributed by atoms with Gasteiger partial charge in [0.2, 0.25) is 5.91 Å². The lowest BCUT2D eigenvalue weighted by Gasteiger charge is -2.45. The number of fused-ring (bicyclic) bond motifs is 2. The van der Waals surface area contributed by atoms with Crippen molar-refractivity contribution >= 4 is 5.91 Å². The van der Waals surface area contributed by atoms with Gasteiger partial charge in [-0.25, -0.2) is 0 Å². The molecule has 2 aliphatic carbocycles. The van der Waals surface area contributed by atoms with E-state index < -0.39 is 0 Å². The van der Waals surface area contributed by atoms with Gasteiger partial charge in [0.1, 0.15) is 0 Å². The lowest BCUT2D eigenvalue weighted by Crippen LogP contribution is -2.53. The highest BCUT2D eigenvalue weighted by Crippen LogP contribution is 2.42. The van der Waals surface area contributed by atoms with Crippen molar-refractivity contribution in [2.24, 2.45) is 23.5 Å². The molecule has 0 aromatic carbocycles. The smallest absolute Gasteiger partial charge is 0.225 e. The summed E-state index contributed by atoms with van der Waals surface area (Å²) in [4.78, 5) is 15.4. The van der Waals surface area contributed by atoms with Gasteiger partial charge >= 0.3 is 0 Å². The molecule has 1 aliphatic heterocycles. The molecule has 126 valence electrons. The van der Waals surface area contributed by atoms with Crippen LogP contribution in [0.3, 0.4) is 0 Å². The van der Waals surface area contributed by atoms with Crippen LogP contribution in [0.25, 0.3) is 0 Å². The minimum atomic E-state index is 0.247. The minimum Gasteiger partial charge on any atom is -0.339 e. The summed E-state index contributed by atoms with van der Waals surface area (Å²) in [5.41, 5.74) is 6.39. The third-order valence-corrected chi connectivity index (χ3v) is 6.26. The Kier molecular flexibility index (Phi) is 5.40. The number of hydrogen-bond donors (Lipinski definition) is 2. The molecule has 3 fully saturated rings. The third kappa shape index (κ3) is 3.33. The van der Waals surface area contributed by atoms with E-state index in [1.54, 1.807) is 0 Å².